The fourth-order valence-electron chi connectivity index (χ4n) is 7.17. The normalized spacial score (nSPS) is 15.4. The first-order valence-corrected chi connectivity index (χ1v) is 30.3. The SMILES string of the molecule is CC(C)OCC(=O)OCOP(=O)(CO[C@H](C)Cn1cnc2c(N)ncnc21)OCOC(=O)OC(C)C.CO[P@](=O)(c1cc(C)cc(/C=C/C#N)c1)c1c(C(N)=O)[nH]c2ccc(Cl)cc12.Nc1nc(=O)n([C@@H]2CS[C@H](CO)O2)cc1F.O=C(O)/C=C/C(=O)O. The molecule has 5 heterocycles. The minimum atomic E-state index is -4.05. The number of carboxylic acid groups (broad SMARTS) is 2. The van der Waals surface area contributed by atoms with Gasteiger partial charge in [0.05, 0.1) is 55.4 Å². The number of carbonyl (C=O) groups excluding carboxylic acids is 3. The van der Waals surface area contributed by atoms with Gasteiger partial charge in [-0.05, 0) is 89.1 Å². The highest BCUT2D eigenvalue weighted by Crippen LogP contribution is 2.49. The molecule has 10 N–H and O–H groups in total. The van der Waals surface area contributed by atoms with Crippen molar-refractivity contribution in [2.24, 2.45) is 5.73 Å². The predicted octanol–water partition coefficient (Wildman–Crippen LogP) is 5.34. The number of thioether (sulfide) groups is 1. The number of hydrogen-bond acceptors (Lipinski definition) is 26. The number of H-pyrrole nitrogens is 1. The maximum atomic E-state index is 14.1. The average molecular weight is 1310 g/mol. The third kappa shape index (κ3) is 22.2. The van der Waals surface area contributed by atoms with Gasteiger partial charge in [-0.1, -0.05) is 17.7 Å². The number of aromatic amines is 1. The fourth-order valence-corrected chi connectivity index (χ4v) is 11.7. The second-order valence-corrected chi connectivity index (χ2v) is 24.4. The molecule has 0 bridgehead atoms. The van der Waals surface area contributed by atoms with Crippen molar-refractivity contribution in [2.45, 2.75) is 78.1 Å². The zero-order chi connectivity index (χ0) is 65.5. The molecule has 1 aliphatic heterocycles. The Hall–Kier alpha value is -8.12. The molecule has 0 radical (unpaired) electrons. The Morgan fingerprint density at radius 1 is 0.977 bits per heavy atom. The van der Waals surface area contributed by atoms with E-state index in [1.807, 2.05) is 19.1 Å². The summed E-state index contributed by atoms with van der Waals surface area (Å²) < 4.78 is 89.4. The summed E-state index contributed by atoms with van der Waals surface area (Å²) in [6, 6.07) is 12.1. The monoisotopic (exact) mass is 1310 g/mol. The standard InChI is InChI=1S/C20H17ClN3O3P.C20H32N5O10P.C8H10FN3O3S.C4H4O4/c1-12-8-13(4-3-7-22)10-15(9-12)28(26,27-2)19-16-11-14(21)5-6-17(16)24-18(19)20(23)25;1-13(2)29-7-16(26)30-10-33-36(28,34-11-31-20(27)35-14(3)4)12-32-15(5)6-25-9-24-17-18(21)22-8-23-19(17)25;9-4-1-12(8(14)11-7(4)10)5-3-16-6(2-13)15-5;5-3(6)1-2-4(7)8/h3-6,8-11,24H,1-2H3,(H2,23,25);8-9,13-15H,6-7,10-12H2,1-5H3,(H2,21,22,23);1,5-6,13H,2-3H2,(H2,10,11,14);1-2H,(H,5,6)(H,7,8)/b4-3+;;;2-1+/t28-;15-,36?;5-,6+;/m110./s1. The van der Waals surface area contributed by atoms with E-state index in [0.717, 1.165) is 16.3 Å². The van der Waals surface area contributed by atoms with Crippen LogP contribution in [0.5, 0.6) is 0 Å². The molecule has 31 nitrogen and oxygen atoms in total. The number of esters is 1. The number of halogens is 2. The van der Waals surface area contributed by atoms with Crippen molar-refractivity contribution in [3.8, 4) is 6.07 Å². The number of imidazole rings is 1. The third-order valence-electron chi connectivity index (χ3n) is 11.0. The van der Waals surface area contributed by atoms with Crippen molar-refractivity contribution in [3.05, 3.63) is 112 Å². The van der Waals surface area contributed by atoms with Gasteiger partial charge in [0.1, 0.15) is 42.2 Å². The number of nitrogens with one attached hydrogen (secondary N) is 1. The molecule has 88 heavy (non-hydrogen) atoms. The molecule has 1 amide bonds. The molecule has 36 heteroatoms. The van der Waals surface area contributed by atoms with Gasteiger partial charge in [0, 0.05) is 52.3 Å². The summed E-state index contributed by atoms with van der Waals surface area (Å²) in [6.07, 6.45) is 4.57. The number of aromatic nitrogens is 7. The Balaban J connectivity index is 0.000000279. The molecule has 1 fully saturated rings. The fraction of sp³-hybridized carbons (Fsp3) is 0.365. The molecular weight excluding hydrogens is 1250 g/mol. The summed E-state index contributed by atoms with van der Waals surface area (Å²) in [7, 11) is -6.43. The lowest BCUT2D eigenvalue weighted by molar-refractivity contribution is -0.157. The van der Waals surface area contributed by atoms with E-state index in [0.29, 0.717) is 55.9 Å². The van der Waals surface area contributed by atoms with Gasteiger partial charge in [-0.3, -0.25) is 27.5 Å². The number of allylic oxidation sites excluding steroid dienone is 1. The van der Waals surface area contributed by atoms with E-state index in [2.05, 4.69) is 24.9 Å². The number of ether oxygens (including phenoxy) is 6. The van der Waals surface area contributed by atoms with Crippen LogP contribution in [0.3, 0.4) is 0 Å². The van der Waals surface area contributed by atoms with Crippen LogP contribution in [-0.4, -0.2) is 149 Å². The number of carboxylic acids is 2. The van der Waals surface area contributed by atoms with Crippen molar-refractivity contribution in [1.29, 1.82) is 5.26 Å². The van der Waals surface area contributed by atoms with Crippen LogP contribution < -0.4 is 33.5 Å². The maximum absolute atomic E-state index is 14.1. The Bertz CT molecular complexity index is 3680. The van der Waals surface area contributed by atoms with E-state index < -0.39 is 106 Å². The number of amides is 1. The number of carbonyl (C=O) groups is 5. The number of hydrogen-bond donors (Lipinski definition) is 7. The van der Waals surface area contributed by atoms with E-state index in [-0.39, 0.29) is 42.7 Å². The van der Waals surface area contributed by atoms with Gasteiger partial charge in [0.25, 0.3) is 13.3 Å². The zero-order valence-electron chi connectivity index (χ0n) is 48.0. The highest BCUT2D eigenvalue weighted by Gasteiger charge is 2.36. The first-order chi connectivity index (χ1) is 41.5. The summed E-state index contributed by atoms with van der Waals surface area (Å²) in [5, 5.41) is 34.8. The van der Waals surface area contributed by atoms with Crippen molar-refractivity contribution in [3.63, 3.8) is 0 Å². The molecule has 4 aromatic heterocycles. The van der Waals surface area contributed by atoms with Gasteiger partial charge in [-0.25, -0.2) is 43.3 Å². The number of nitrogens with zero attached hydrogens (tertiary/aromatic N) is 7. The summed E-state index contributed by atoms with van der Waals surface area (Å²) in [4.78, 5) is 84.3. The Kier molecular flexibility index (Phi) is 28.3. The predicted molar refractivity (Wildman–Crippen MR) is 317 cm³/mol. The Labute approximate surface area is 509 Å². The van der Waals surface area contributed by atoms with E-state index >= 15 is 0 Å². The van der Waals surface area contributed by atoms with Crippen LogP contribution in [0.4, 0.5) is 20.8 Å². The first kappa shape index (κ1) is 72.4. The lowest BCUT2D eigenvalue weighted by Gasteiger charge is -2.21. The van der Waals surface area contributed by atoms with Crippen LogP contribution in [0.2, 0.25) is 5.02 Å². The first-order valence-electron chi connectivity index (χ1n) is 25.6. The number of nitrogens with two attached hydrogens (primary N) is 3. The number of nitrogen functional groups attached to an aromatic ring is 2. The van der Waals surface area contributed by atoms with Crippen LogP contribution in [0, 0.1) is 24.1 Å². The molecule has 0 spiro atoms. The molecule has 1 unspecified atom stereocenters. The molecule has 2 aromatic carbocycles. The maximum Gasteiger partial charge on any atom is 0.510 e. The average Bonchev–Trinajstić information content (AvgIpc) is 3.87. The molecular formula is C52H63ClFN11O20P2S. The Morgan fingerprint density at radius 2 is 1.66 bits per heavy atom. The molecule has 1 saturated heterocycles. The largest absolute Gasteiger partial charge is 0.510 e. The van der Waals surface area contributed by atoms with Gasteiger partial charge in [-0.2, -0.15) is 10.2 Å². The van der Waals surface area contributed by atoms with Crippen LogP contribution in [0.15, 0.2) is 78.3 Å². The number of aliphatic hydroxyl groups excluding tert-OH is 1. The van der Waals surface area contributed by atoms with Crippen molar-refractivity contribution >= 4 is 119 Å². The molecule has 1 aliphatic rings. The van der Waals surface area contributed by atoms with E-state index in [1.54, 1.807) is 75.6 Å². The topological polar surface area (TPSA) is 459 Å². The minimum absolute atomic E-state index is 0.0121. The van der Waals surface area contributed by atoms with Crippen LogP contribution >= 0.6 is 38.3 Å². The van der Waals surface area contributed by atoms with Crippen molar-refractivity contribution < 1.29 is 94.8 Å². The summed E-state index contributed by atoms with van der Waals surface area (Å²) in [6.45, 7) is 8.69. The molecule has 7 rings (SSSR count). The smallest absolute Gasteiger partial charge is 0.478 e. The number of anilines is 2. The van der Waals surface area contributed by atoms with Gasteiger partial charge in [-0.15, -0.1) is 11.8 Å². The number of rotatable bonds is 24. The number of fused-ring (bicyclic) bond motifs is 2. The van der Waals surface area contributed by atoms with Crippen LogP contribution in [-0.2, 0) is 72.1 Å². The Morgan fingerprint density at radius 3 is 2.26 bits per heavy atom. The highest BCUT2D eigenvalue weighted by atomic mass is 35.5. The quantitative estimate of drug-likeness (QED) is 0.0132. The second-order valence-electron chi connectivity index (χ2n) is 18.4. The molecule has 476 valence electrons. The van der Waals surface area contributed by atoms with Crippen molar-refractivity contribution in [1.82, 2.24) is 34.1 Å². The summed E-state index contributed by atoms with van der Waals surface area (Å²) in [5.74, 6) is -4.49. The second kappa shape index (κ2) is 34.4. The van der Waals surface area contributed by atoms with Gasteiger partial charge < -0.3 is 75.0 Å². The number of aliphatic carboxylic acids is 2. The summed E-state index contributed by atoms with van der Waals surface area (Å²) in [5.41, 5.74) is 18.5. The number of aliphatic hydroxyl groups is 1. The minimum Gasteiger partial charge on any atom is -0.478 e. The van der Waals surface area contributed by atoms with E-state index in [9.17, 15) is 42.3 Å². The molecule has 0 aliphatic carbocycles. The van der Waals surface area contributed by atoms with E-state index in [4.69, 9.17) is 91.4 Å². The third-order valence-corrected chi connectivity index (χ3v) is 16.3. The van der Waals surface area contributed by atoms with Crippen LogP contribution in [0.25, 0.3) is 28.1 Å². The highest BCUT2D eigenvalue weighted by molar-refractivity contribution is 8.00. The lowest BCUT2D eigenvalue weighted by atomic mass is 10.1. The van der Waals surface area contributed by atoms with Crippen LogP contribution in [0.1, 0.15) is 62.5 Å². The van der Waals surface area contributed by atoms with Gasteiger partial charge >= 0.3 is 37.3 Å². The molecule has 6 aromatic rings. The number of benzene rings is 2. The number of aryl methyl sites for hydroxylation is 1. The van der Waals surface area contributed by atoms with Gasteiger partial charge in [0.2, 0.25) is 13.6 Å². The zero-order valence-corrected chi connectivity index (χ0v) is 51.4. The van der Waals surface area contributed by atoms with Crippen molar-refractivity contribution in [2.75, 3.05) is 57.5 Å². The van der Waals surface area contributed by atoms with Gasteiger partial charge in [0.15, 0.2) is 23.1 Å². The lowest BCUT2D eigenvalue weighted by Crippen LogP contribution is -2.29. The summed E-state index contributed by atoms with van der Waals surface area (Å²) >= 11 is 7.48. The number of primary amides is 1. The molecule has 5 atom stereocenters. The number of nitriles is 1. The molecule has 0 saturated carbocycles. The van der Waals surface area contributed by atoms with E-state index in [1.165, 1.54) is 37.6 Å².